The number of hydrogen-bond donors (Lipinski definition) is 2. The van der Waals surface area contributed by atoms with Crippen LogP contribution in [0, 0.1) is 9.49 Å². The van der Waals surface area contributed by atoms with Gasteiger partial charge in [-0.15, -0.1) is 5.10 Å². The molecule has 1 spiro atoms. The number of benzene rings is 2. The molecule has 0 aliphatic carbocycles. The Bertz CT molecular complexity index is 1350. The van der Waals surface area contributed by atoms with Crippen LogP contribution in [0.2, 0.25) is 18.6 Å². The Morgan fingerprint density at radius 3 is 2.74 bits per heavy atom. The van der Waals surface area contributed by atoms with Crippen LogP contribution in [0.15, 0.2) is 53.1 Å². The normalized spacial score (nSPS) is 25.0. The SMILES string of the molecule is C[C@@H]1[C@@H]([Si](C)(C)O)[C@H](CCn2cc(CCO)nn2)O[C@@]12C(=O)N(Cc1cccc(I)c1)c1ccc(Br)cc12. The molecule has 0 bridgehead atoms. The number of hydrogen-bond acceptors (Lipinski definition) is 6. The number of aryl methyl sites for hydroxylation is 1. The molecule has 8 nitrogen and oxygen atoms in total. The van der Waals surface area contributed by atoms with E-state index in [1.54, 1.807) is 4.68 Å². The summed E-state index contributed by atoms with van der Waals surface area (Å²) in [7, 11) is -2.74. The molecular weight excluding hydrogens is 679 g/mol. The zero-order valence-corrected chi connectivity index (χ0v) is 26.4. The van der Waals surface area contributed by atoms with Gasteiger partial charge in [0.2, 0.25) is 0 Å². The van der Waals surface area contributed by atoms with Crippen molar-refractivity contribution in [2.75, 3.05) is 11.5 Å². The highest BCUT2D eigenvalue weighted by molar-refractivity contribution is 14.1. The van der Waals surface area contributed by atoms with E-state index < -0.39 is 13.9 Å². The number of carbonyl (C=O) groups excluding carboxylic acids is 1. The quantitative estimate of drug-likeness (QED) is 0.262. The molecule has 1 fully saturated rings. The van der Waals surface area contributed by atoms with Crippen LogP contribution in [0.3, 0.4) is 0 Å². The molecule has 1 aromatic heterocycles. The van der Waals surface area contributed by atoms with Crippen molar-refractivity contribution in [1.82, 2.24) is 15.0 Å². The van der Waals surface area contributed by atoms with Crippen molar-refractivity contribution in [3.8, 4) is 0 Å². The van der Waals surface area contributed by atoms with E-state index in [0.717, 1.165) is 30.6 Å². The Morgan fingerprint density at radius 1 is 1.24 bits per heavy atom. The summed E-state index contributed by atoms with van der Waals surface area (Å²) >= 11 is 5.90. The lowest BCUT2D eigenvalue weighted by Crippen LogP contribution is -2.46. The lowest BCUT2D eigenvalue weighted by atomic mass is 9.82. The van der Waals surface area contributed by atoms with E-state index in [1.807, 2.05) is 60.6 Å². The molecule has 2 aliphatic rings. The summed E-state index contributed by atoms with van der Waals surface area (Å²) < 4.78 is 10.6. The summed E-state index contributed by atoms with van der Waals surface area (Å²) in [6.07, 6.45) is 2.55. The summed E-state index contributed by atoms with van der Waals surface area (Å²) in [6, 6.07) is 14.1. The number of nitrogens with zero attached hydrogens (tertiary/aromatic N) is 4. The molecule has 4 atom stereocenters. The number of rotatable bonds is 8. The number of aliphatic hydroxyl groups is 1. The van der Waals surface area contributed by atoms with Crippen molar-refractivity contribution in [1.29, 1.82) is 0 Å². The van der Waals surface area contributed by atoms with Gasteiger partial charge >= 0.3 is 0 Å². The molecule has 202 valence electrons. The van der Waals surface area contributed by atoms with E-state index in [2.05, 4.69) is 61.8 Å². The van der Waals surface area contributed by atoms with Gasteiger partial charge in [-0.05, 0) is 78.0 Å². The number of amides is 1. The fourth-order valence-electron chi connectivity index (χ4n) is 6.23. The maximum atomic E-state index is 14.4. The third-order valence-electron chi connectivity index (χ3n) is 7.77. The standard InChI is InChI=1S/C27H32BrIN4O4Si/c1-17-25(38(2,3)36)24(9-11-32-16-21(10-12-34)30-31-32)37-27(17)22-14-19(28)7-8-23(22)33(26(27)35)15-18-5-4-6-20(29)13-18/h4-8,13-14,16-17,24-25,34,36H,9-12,15H2,1-3H3/t17-,24+,25-,27+/m1/s1. The van der Waals surface area contributed by atoms with Crippen LogP contribution in [-0.2, 0) is 34.6 Å². The molecule has 5 rings (SSSR count). The van der Waals surface area contributed by atoms with Crippen LogP contribution < -0.4 is 4.90 Å². The van der Waals surface area contributed by atoms with E-state index in [9.17, 15) is 14.7 Å². The highest BCUT2D eigenvalue weighted by Gasteiger charge is 2.66. The highest BCUT2D eigenvalue weighted by Crippen LogP contribution is 2.60. The van der Waals surface area contributed by atoms with E-state index >= 15 is 0 Å². The third kappa shape index (κ3) is 5.01. The van der Waals surface area contributed by atoms with Crippen molar-refractivity contribution >= 4 is 58.4 Å². The Labute approximate surface area is 245 Å². The first-order chi connectivity index (χ1) is 18.0. The molecule has 3 aromatic rings. The number of carbonyl (C=O) groups is 1. The highest BCUT2D eigenvalue weighted by atomic mass is 127. The first-order valence-corrected chi connectivity index (χ1v) is 17.7. The second-order valence-corrected chi connectivity index (χ2v) is 16.9. The molecule has 1 saturated heterocycles. The molecule has 3 heterocycles. The van der Waals surface area contributed by atoms with Gasteiger partial charge in [-0.1, -0.05) is 40.2 Å². The van der Waals surface area contributed by atoms with E-state index in [-0.39, 0.29) is 30.1 Å². The fraction of sp³-hybridized carbons (Fsp3) is 0.444. The molecule has 0 saturated carbocycles. The number of anilines is 1. The van der Waals surface area contributed by atoms with Gasteiger partial charge < -0.3 is 19.5 Å². The Kier molecular flexibility index (Phi) is 7.88. The van der Waals surface area contributed by atoms with E-state index in [4.69, 9.17) is 4.74 Å². The smallest absolute Gasteiger partial charge is 0.264 e. The van der Waals surface area contributed by atoms with Crippen molar-refractivity contribution in [3.05, 3.63) is 73.5 Å². The van der Waals surface area contributed by atoms with Gasteiger partial charge in [-0.25, -0.2) is 0 Å². The van der Waals surface area contributed by atoms with E-state index in [1.165, 1.54) is 0 Å². The predicted octanol–water partition coefficient (Wildman–Crippen LogP) is 4.61. The molecular formula is C27H32BrIN4O4Si. The lowest BCUT2D eigenvalue weighted by Gasteiger charge is -2.32. The summed E-state index contributed by atoms with van der Waals surface area (Å²) in [5, 5.41) is 17.5. The van der Waals surface area contributed by atoms with Crippen LogP contribution in [0.5, 0.6) is 0 Å². The van der Waals surface area contributed by atoms with Crippen molar-refractivity contribution in [2.24, 2.45) is 5.92 Å². The van der Waals surface area contributed by atoms with Gasteiger partial charge in [-0.3, -0.25) is 9.48 Å². The van der Waals surface area contributed by atoms with Gasteiger partial charge in [0.15, 0.2) is 13.9 Å². The fourth-order valence-corrected chi connectivity index (χ4v) is 9.80. The number of fused-ring (bicyclic) bond motifs is 2. The summed E-state index contributed by atoms with van der Waals surface area (Å²) in [5.41, 5.74) is 2.16. The Balaban J connectivity index is 1.51. The molecule has 38 heavy (non-hydrogen) atoms. The van der Waals surface area contributed by atoms with Crippen molar-refractivity contribution in [2.45, 2.75) is 63.2 Å². The molecule has 2 N–H and O–H groups in total. The second kappa shape index (κ2) is 10.7. The average molecular weight is 711 g/mol. The Hall–Kier alpha value is -1.64. The van der Waals surface area contributed by atoms with Crippen LogP contribution in [0.1, 0.15) is 30.2 Å². The lowest BCUT2D eigenvalue weighted by molar-refractivity contribution is -0.146. The summed E-state index contributed by atoms with van der Waals surface area (Å²) in [4.78, 5) is 27.7. The minimum Gasteiger partial charge on any atom is -0.432 e. The molecule has 1 amide bonds. The van der Waals surface area contributed by atoms with Crippen LogP contribution >= 0.6 is 38.5 Å². The second-order valence-electron chi connectivity index (χ2n) is 10.8. The monoisotopic (exact) mass is 710 g/mol. The van der Waals surface area contributed by atoms with Gasteiger partial charge in [0.25, 0.3) is 5.91 Å². The first kappa shape index (κ1) is 27.9. The molecule has 0 radical (unpaired) electrons. The minimum absolute atomic E-state index is 0.0204. The molecule has 0 unspecified atom stereocenters. The zero-order valence-electron chi connectivity index (χ0n) is 21.6. The number of aromatic nitrogens is 3. The predicted molar refractivity (Wildman–Crippen MR) is 159 cm³/mol. The largest absolute Gasteiger partial charge is 0.432 e. The summed E-state index contributed by atoms with van der Waals surface area (Å²) in [6.45, 7) is 6.93. The van der Waals surface area contributed by atoms with Crippen molar-refractivity contribution < 1.29 is 19.4 Å². The maximum absolute atomic E-state index is 14.4. The topological polar surface area (TPSA) is 101 Å². The van der Waals surface area contributed by atoms with Gasteiger partial charge in [-0.2, -0.15) is 0 Å². The molecule has 2 aromatic carbocycles. The van der Waals surface area contributed by atoms with Crippen molar-refractivity contribution in [3.63, 3.8) is 0 Å². The molecule has 2 aliphatic heterocycles. The van der Waals surface area contributed by atoms with Crippen LogP contribution in [0.4, 0.5) is 5.69 Å². The maximum Gasteiger partial charge on any atom is 0.264 e. The van der Waals surface area contributed by atoms with E-state index in [0.29, 0.717) is 25.9 Å². The number of aliphatic hydroxyl groups excluding tert-OH is 1. The number of halogens is 2. The molecule has 11 heteroatoms. The van der Waals surface area contributed by atoms with Gasteiger partial charge in [0.1, 0.15) is 0 Å². The van der Waals surface area contributed by atoms with Gasteiger partial charge in [0.05, 0.1) is 24.0 Å². The average Bonchev–Trinajstić information content (AvgIpc) is 3.48. The number of ether oxygens (including phenoxy) is 1. The van der Waals surface area contributed by atoms with Gasteiger partial charge in [0, 0.05) is 50.8 Å². The van der Waals surface area contributed by atoms with Crippen LogP contribution in [0.25, 0.3) is 0 Å². The minimum atomic E-state index is -2.74. The van der Waals surface area contributed by atoms with Crippen LogP contribution in [-0.4, -0.2) is 51.8 Å². The third-order valence-corrected chi connectivity index (χ3v) is 11.4. The zero-order chi connectivity index (χ0) is 27.2. The summed E-state index contributed by atoms with van der Waals surface area (Å²) in [5.74, 6) is -0.296. The first-order valence-electron chi connectivity index (χ1n) is 12.8. The Morgan fingerprint density at radius 2 is 2.03 bits per heavy atom.